The topological polar surface area (TPSA) is 125 Å². The minimum Gasteiger partial charge on any atom is -0.489 e. The highest BCUT2D eigenvalue weighted by Gasteiger charge is 2.19. The number of phosphoric acid groups is 1. The third kappa shape index (κ3) is 7.30. The van der Waals surface area contributed by atoms with Crippen LogP contribution in [0, 0.1) is 0 Å². The number of nitrogens with one attached hydrogen (secondary N) is 1. The molecular formula is C23H24NO7P. The Morgan fingerprint density at radius 3 is 2.06 bits per heavy atom. The highest BCUT2D eigenvalue weighted by molar-refractivity contribution is 7.46. The first-order chi connectivity index (χ1) is 15.3. The lowest BCUT2D eigenvalue weighted by atomic mass is 10.0. The third-order valence-corrected chi connectivity index (χ3v) is 5.07. The fraction of sp³-hybridized carbons (Fsp3) is 0.174. The van der Waals surface area contributed by atoms with Crippen LogP contribution in [0.15, 0.2) is 78.9 Å². The number of benzene rings is 3. The number of hydrogen-bond donors (Lipinski definition) is 4. The number of aliphatic hydroxyl groups excluding tert-OH is 1. The lowest BCUT2D eigenvalue weighted by Gasteiger charge is -2.16. The molecule has 0 aliphatic carbocycles. The first-order valence-corrected chi connectivity index (χ1v) is 11.4. The molecule has 0 aliphatic rings. The monoisotopic (exact) mass is 457 g/mol. The third-order valence-electron chi connectivity index (χ3n) is 4.58. The molecule has 32 heavy (non-hydrogen) atoms. The zero-order valence-electron chi connectivity index (χ0n) is 17.1. The van der Waals surface area contributed by atoms with E-state index in [9.17, 15) is 14.5 Å². The normalized spacial score (nSPS) is 12.2. The molecule has 4 N–H and O–H groups in total. The van der Waals surface area contributed by atoms with E-state index in [0.717, 1.165) is 22.4 Å². The summed E-state index contributed by atoms with van der Waals surface area (Å²) in [6, 6.07) is 23.4. The van der Waals surface area contributed by atoms with Crippen LogP contribution in [-0.2, 0) is 15.7 Å². The fourth-order valence-electron chi connectivity index (χ4n) is 2.89. The van der Waals surface area contributed by atoms with Crippen LogP contribution in [0.2, 0.25) is 0 Å². The van der Waals surface area contributed by atoms with E-state index in [-0.39, 0.29) is 0 Å². The smallest absolute Gasteiger partial charge is 0.469 e. The molecule has 0 fully saturated rings. The Bertz CT molecular complexity index is 1050. The van der Waals surface area contributed by atoms with Crippen LogP contribution >= 0.6 is 7.82 Å². The van der Waals surface area contributed by atoms with Gasteiger partial charge in [-0.25, -0.2) is 4.57 Å². The Labute approximate surface area is 185 Å². The van der Waals surface area contributed by atoms with Crippen molar-refractivity contribution >= 4 is 13.7 Å². The van der Waals surface area contributed by atoms with E-state index in [4.69, 9.17) is 14.5 Å². The molecule has 8 nitrogen and oxygen atoms in total. The van der Waals surface area contributed by atoms with Crippen molar-refractivity contribution in [1.82, 2.24) is 5.32 Å². The maximum absolute atomic E-state index is 12.3. The average molecular weight is 457 g/mol. The molecule has 1 atom stereocenters. The summed E-state index contributed by atoms with van der Waals surface area (Å²) in [6.07, 6.45) is 0. The van der Waals surface area contributed by atoms with Crippen LogP contribution in [0.25, 0.3) is 11.1 Å². The van der Waals surface area contributed by atoms with Gasteiger partial charge in [-0.2, -0.15) is 0 Å². The minimum absolute atomic E-state index is 0.339. The van der Waals surface area contributed by atoms with Gasteiger partial charge < -0.3 is 24.9 Å². The first kappa shape index (κ1) is 23.7. The maximum atomic E-state index is 12.3. The highest BCUT2D eigenvalue weighted by atomic mass is 31.2. The van der Waals surface area contributed by atoms with Gasteiger partial charge in [-0.15, -0.1) is 0 Å². The average Bonchev–Trinajstić information content (AvgIpc) is 2.81. The molecule has 0 saturated heterocycles. The molecule has 0 spiro atoms. The second-order valence-corrected chi connectivity index (χ2v) is 8.25. The summed E-state index contributed by atoms with van der Waals surface area (Å²) in [6.45, 7) is -0.552. The van der Waals surface area contributed by atoms with Crippen molar-refractivity contribution in [2.24, 2.45) is 0 Å². The van der Waals surface area contributed by atoms with Crippen molar-refractivity contribution in [2.75, 3.05) is 13.2 Å². The standard InChI is InChI=1S/C23H24NO7P/c25-14-21(16-31-32(27,28)29)24-23(26)20-8-6-18(7-9-20)19-10-12-22(13-11-19)30-15-17-4-2-1-3-5-17/h1-13,21,25H,14-16H2,(H,24,26)(H2,27,28,29)/t21-/m1/s1. The van der Waals surface area contributed by atoms with E-state index in [2.05, 4.69) is 9.84 Å². The van der Waals surface area contributed by atoms with E-state index in [1.54, 1.807) is 24.3 Å². The number of ether oxygens (including phenoxy) is 1. The number of carbonyl (C=O) groups is 1. The number of carbonyl (C=O) groups excluding carboxylic acids is 1. The van der Waals surface area contributed by atoms with Crippen molar-refractivity contribution in [1.29, 1.82) is 0 Å². The van der Waals surface area contributed by atoms with Gasteiger partial charge in [0.25, 0.3) is 5.91 Å². The Kier molecular flexibility index (Phi) is 8.16. The molecule has 0 bridgehead atoms. The van der Waals surface area contributed by atoms with Crippen LogP contribution < -0.4 is 10.1 Å². The van der Waals surface area contributed by atoms with E-state index in [1.165, 1.54) is 0 Å². The SMILES string of the molecule is O=C(N[C@H](CO)COP(=O)(O)O)c1ccc(-c2ccc(OCc3ccccc3)cc2)cc1. The summed E-state index contributed by atoms with van der Waals surface area (Å²) in [4.78, 5) is 29.8. The minimum atomic E-state index is -4.68. The lowest BCUT2D eigenvalue weighted by Crippen LogP contribution is -2.40. The Morgan fingerprint density at radius 1 is 0.906 bits per heavy atom. The molecule has 0 radical (unpaired) electrons. The van der Waals surface area contributed by atoms with Crippen molar-refractivity contribution in [2.45, 2.75) is 12.6 Å². The summed E-state index contributed by atoms with van der Waals surface area (Å²) in [7, 11) is -4.68. The molecule has 0 unspecified atom stereocenters. The van der Waals surface area contributed by atoms with Gasteiger partial charge in [0.15, 0.2) is 0 Å². The molecule has 9 heteroatoms. The van der Waals surface area contributed by atoms with E-state index in [1.807, 2.05) is 54.6 Å². The van der Waals surface area contributed by atoms with Gasteiger partial charge in [0, 0.05) is 5.56 Å². The van der Waals surface area contributed by atoms with Gasteiger partial charge in [0.1, 0.15) is 12.4 Å². The number of hydrogen-bond acceptors (Lipinski definition) is 5. The van der Waals surface area contributed by atoms with Crippen LogP contribution in [0.5, 0.6) is 5.75 Å². The van der Waals surface area contributed by atoms with Crippen LogP contribution in [0.3, 0.4) is 0 Å². The first-order valence-electron chi connectivity index (χ1n) is 9.83. The summed E-state index contributed by atoms with van der Waals surface area (Å²) >= 11 is 0. The molecule has 3 aromatic carbocycles. The molecule has 3 rings (SSSR count). The number of aliphatic hydroxyl groups is 1. The molecule has 0 aromatic heterocycles. The Morgan fingerprint density at radius 2 is 1.50 bits per heavy atom. The second kappa shape index (κ2) is 11.0. The zero-order valence-corrected chi connectivity index (χ0v) is 18.0. The molecule has 0 aliphatic heterocycles. The van der Waals surface area contributed by atoms with Gasteiger partial charge >= 0.3 is 7.82 Å². The summed E-state index contributed by atoms with van der Waals surface area (Å²) < 4.78 is 20.9. The van der Waals surface area contributed by atoms with E-state index < -0.39 is 33.0 Å². The van der Waals surface area contributed by atoms with Gasteiger partial charge in [0.05, 0.1) is 19.3 Å². The van der Waals surface area contributed by atoms with E-state index >= 15 is 0 Å². The Hall–Kier alpha value is -3.00. The fourth-order valence-corrected chi connectivity index (χ4v) is 3.27. The molecule has 1 amide bonds. The molecule has 168 valence electrons. The summed E-state index contributed by atoms with van der Waals surface area (Å²) in [5.74, 6) is 0.260. The second-order valence-electron chi connectivity index (χ2n) is 7.02. The number of amides is 1. The molecular weight excluding hydrogens is 433 g/mol. The number of rotatable bonds is 10. The van der Waals surface area contributed by atoms with Crippen LogP contribution in [0.1, 0.15) is 15.9 Å². The van der Waals surface area contributed by atoms with Gasteiger partial charge in [0.2, 0.25) is 0 Å². The maximum Gasteiger partial charge on any atom is 0.469 e. The largest absolute Gasteiger partial charge is 0.489 e. The highest BCUT2D eigenvalue weighted by Crippen LogP contribution is 2.35. The summed E-state index contributed by atoms with van der Waals surface area (Å²) in [5, 5.41) is 11.8. The number of phosphoric ester groups is 1. The van der Waals surface area contributed by atoms with E-state index in [0.29, 0.717) is 12.2 Å². The van der Waals surface area contributed by atoms with Gasteiger partial charge in [-0.1, -0.05) is 54.6 Å². The Balaban J connectivity index is 1.57. The van der Waals surface area contributed by atoms with Crippen molar-refractivity contribution in [3.05, 3.63) is 90.0 Å². The zero-order chi connectivity index (χ0) is 23.0. The predicted molar refractivity (Wildman–Crippen MR) is 119 cm³/mol. The van der Waals surface area contributed by atoms with Crippen LogP contribution in [-0.4, -0.2) is 40.1 Å². The molecule has 0 saturated carbocycles. The van der Waals surface area contributed by atoms with Crippen LogP contribution in [0.4, 0.5) is 0 Å². The summed E-state index contributed by atoms with van der Waals surface area (Å²) in [5.41, 5.74) is 3.28. The van der Waals surface area contributed by atoms with Crippen molar-refractivity contribution < 1.29 is 33.5 Å². The molecule has 0 heterocycles. The molecule has 3 aromatic rings. The van der Waals surface area contributed by atoms with Gasteiger partial charge in [-0.05, 0) is 41.0 Å². The van der Waals surface area contributed by atoms with Crippen molar-refractivity contribution in [3.8, 4) is 16.9 Å². The predicted octanol–water partition coefficient (Wildman–Crippen LogP) is 3.13. The van der Waals surface area contributed by atoms with Crippen molar-refractivity contribution in [3.63, 3.8) is 0 Å². The lowest BCUT2D eigenvalue weighted by molar-refractivity contribution is 0.0867. The van der Waals surface area contributed by atoms with Gasteiger partial charge in [-0.3, -0.25) is 9.32 Å². The quantitative estimate of drug-likeness (QED) is 0.345.